The molecule has 0 aliphatic rings. The van der Waals surface area contributed by atoms with E-state index in [0.29, 0.717) is 27.1 Å². The first kappa shape index (κ1) is 17.1. The summed E-state index contributed by atoms with van der Waals surface area (Å²) in [6.07, 6.45) is 0. The lowest BCUT2D eigenvalue weighted by atomic mass is 10.1. The van der Waals surface area contributed by atoms with E-state index in [1.54, 1.807) is 25.1 Å². The lowest BCUT2D eigenvalue weighted by molar-refractivity contribution is 0.0952. The van der Waals surface area contributed by atoms with Crippen LogP contribution >= 0.6 is 23.2 Å². The van der Waals surface area contributed by atoms with Gasteiger partial charge in [-0.3, -0.25) is 4.79 Å². The number of nitrogens with one attached hydrogen (secondary N) is 1. The number of phenolic OH excluding ortho intramolecular Hbond substituents is 1. The number of benzene rings is 2. The van der Waals surface area contributed by atoms with Crippen LogP contribution in [0.4, 0.5) is 0 Å². The van der Waals surface area contributed by atoms with E-state index in [2.05, 4.69) is 10.5 Å². The number of phenols is 1. The van der Waals surface area contributed by atoms with Crippen LogP contribution in [0.25, 0.3) is 0 Å². The van der Waals surface area contributed by atoms with Crippen LogP contribution < -0.4 is 10.2 Å². The Hall–Kier alpha value is -2.24. The van der Waals surface area contributed by atoms with Crippen LogP contribution in [-0.4, -0.2) is 23.8 Å². The third kappa shape index (κ3) is 4.15. The highest BCUT2D eigenvalue weighted by Gasteiger charge is 2.12. The lowest BCUT2D eigenvalue weighted by Gasteiger charge is -2.09. The second-order valence-corrected chi connectivity index (χ2v) is 5.52. The summed E-state index contributed by atoms with van der Waals surface area (Å²) in [5.74, 6) is -0.180. The molecule has 2 aromatic carbocycles. The van der Waals surface area contributed by atoms with E-state index in [1.807, 2.05) is 0 Å². The molecule has 0 aromatic heterocycles. The minimum Gasteiger partial charge on any atom is -0.507 e. The number of methoxy groups -OCH3 is 1. The van der Waals surface area contributed by atoms with Gasteiger partial charge in [-0.05, 0) is 43.3 Å². The fraction of sp³-hybridized carbons (Fsp3) is 0.125. The molecule has 2 rings (SSSR count). The first-order chi connectivity index (χ1) is 10.9. The maximum atomic E-state index is 12.1. The Morgan fingerprint density at radius 2 is 1.74 bits per heavy atom. The number of nitrogens with zero attached hydrogens (tertiary/aromatic N) is 1. The van der Waals surface area contributed by atoms with Gasteiger partial charge in [-0.1, -0.05) is 23.2 Å². The smallest absolute Gasteiger partial charge is 0.275 e. The van der Waals surface area contributed by atoms with Crippen molar-refractivity contribution >= 4 is 34.8 Å². The number of hydrogen-bond donors (Lipinski definition) is 2. The number of aromatic hydroxyl groups is 1. The molecule has 0 unspecified atom stereocenters. The van der Waals surface area contributed by atoms with Crippen molar-refractivity contribution in [2.75, 3.05) is 7.11 Å². The Morgan fingerprint density at radius 1 is 1.13 bits per heavy atom. The topological polar surface area (TPSA) is 70.9 Å². The summed E-state index contributed by atoms with van der Waals surface area (Å²) in [6.45, 7) is 1.70. The van der Waals surface area contributed by atoms with E-state index < -0.39 is 5.91 Å². The van der Waals surface area contributed by atoms with Crippen LogP contribution in [0.3, 0.4) is 0 Å². The van der Waals surface area contributed by atoms with Gasteiger partial charge in [0.15, 0.2) is 0 Å². The van der Waals surface area contributed by atoms with E-state index in [1.165, 1.54) is 25.3 Å². The van der Waals surface area contributed by atoms with E-state index >= 15 is 0 Å². The number of rotatable bonds is 4. The van der Waals surface area contributed by atoms with Gasteiger partial charge in [0.2, 0.25) is 0 Å². The Kier molecular flexibility index (Phi) is 5.47. The van der Waals surface area contributed by atoms with Crippen LogP contribution in [0.2, 0.25) is 10.0 Å². The zero-order chi connectivity index (χ0) is 17.0. The molecule has 0 radical (unpaired) electrons. The van der Waals surface area contributed by atoms with E-state index in [0.717, 1.165) is 0 Å². The maximum Gasteiger partial charge on any atom is 0.275 e. The number of halogens is 2. The molecule has 5 nitrogen and oxygen atoms in total. The SMILES string of the molecule is COc1ccc(Cl)cc1/C(C)=N\NC(=O)c1cc(Cl)ccc1O. The summed E-state index contributed by atoms with van der Waals surface area (Å²) < 4.78 is 5.24. The molecule has 0 heterocycles. The molecule has 120 valence electrons. The summed E-state index contributed by atoms with van der Waals surface area (Å²) in [4.78, 5) is 12.1. The highest BCUT2D eigenvalue weighted by atomic mass is 35.5. The normalized spacial score (nSPS) is 11.2. The average Bonchev–Trinajstić information content (AvgIpc) is 2.54. The van der Waals surface area contributed by atoms with Crippen molar-refractivity contribution in [1.82, 2.24) is 5.43 Å². The number of amides is 1. The first-order valence-electron chi connectivity index (χ1n) is 6.59. The van der Waals surface area contributed by atoms with Gasteiger partial charge in [0.25, 0.3) is 5.91 Å². The van der Waals surface area contributed by atoms with Gasteiger partial charge >= 0.3 is 0 Å². The van der Waals surface area contributed by atoms with Gasteiger partial charge in [0.05, 0.1) is 18.4 Å². The van der Waals surface area contributed by atoms with Crippen molar-refractivity contribution in [3.63, 3.8) is 0 Å². The van der Waals surface area contributed by atoms with Crippen LogP contribution in [0.5, 0.6) is 11.5 Å². The van der Waals surface area contributed by atoms with Crippen molar-refractivity contribution in [2.45, 2.75) is 6.92 Å². The second kappa shape index (κ2) is 7.35. The summed E-state index contributed by atoms with van der Waals surface area (Å²) in [7, 11) is 1.53. The molecule has 2 aromatic rings. The van der Waals surface area contributed by atoms with Crippen LogP contribution in [-0.2, 0) is 0 Å². The minimum absolute atomic E-state index is 0.0344. The molecule has 0 saturated heterocycles. The average molecular weight is 353 g/mol. The van der Waals surface area contributed by atoms with E-state index in [-0.39, 0.29) is 11.3 Å². The van der Waals surface area contributed by atoms with Gasteiger partial charge in [0, 0.05) is 15.6 Å². The van der Waals surface area contributed by atoms with E-state index in [4.69, 9.17) is 27.9 Å². The van der Waals surface area contributed by atoms with Crippen molar-refractivity contribution in [1.29, 1.82) is 0 Å². The fourth-order valence-electron chi connectivity index (χ4n) is 1.91. The molecule has 23 heavy (non-hydrogen) atoms. The molecular weight excluding hydrogens is 339 g/mol. The number of hydrogen-bond acceptors (Lipinski definition) is 4. The van der Waals surface area contributed by atoms with Gasteiger partial charge < -0.3 is 9.84 Å². The van der Waals surface area contributed by atoms with Crippen molar-refractivity contribution < 1.29 is 14.6 Å². The Morgan fingerprint density at radius 3 is 2.39 bits per heavy atom. The highest BCUT2D eigenvalue weighted by molar-refractivity contribution is 6.31. The quantitative estimate of drug-likeness (QED) is 0.648. The number of carbonyl (C=O) groups is 1. The van der Waals surface area contributed by atoms with Crippen molar-refractivity contribution in [3.8, 4) is 11.5 Å². The zero-order valence-corrected chi connectivity index (χ0v) is 13.9. The number of hydrazone groups is 1. The molecule has 7 heteroatoms. The van der Waals surface area contributed by atoms with Gasteiger partial charge in [0.1, 0.15) is 11.5 Å². The lowest BCUT2D eigenvalue weighted by Crippen LogP contribution is -2.19. The van der Waals surface area contributed by atoms with Gasteiger partial charge in [-0.2, -0.15) is 5.10 Å². The Bertz CT molecular complexity index is 776. The number of carbonyl (C=O) groups excluding carboxylic acids is 1. The van der Waals surface area contributed by atoms with Gasteiger partial charge in [-0.25, -0.2) is 5.43 Å². The third-order valence-corrected chi connectivity index (χ3v) is 3.55. The maximum absolute atomic E-state index is 12.1. The molecule has 1 amide bonds. The highest BCUT2D eigenvalue weighted by Crippen LogP contribution is 2.24. The summed E-state index contributed by atoms with van der Waals surface area (Å²) in [5.41, 5.74) is 3.55. The predicted octanol–water partition coefficient (Wildman–Crippen LogP) is 3.86. The van der Waals surface area contributed by atoms with Crippen molar-refractivity contribution in [2.24, 2.45) is 5.10 Å². The molecular formula is C16H14Cl2N2O3. The summed E-state index contributed by atoms with van der Waals surface area (Å²) in [5, 5.41) is 14.6. The summed E-state index contributed by atoms with van der Waals surface area (Å²) in [6, 6.07) is 9.27. The zero-order valence-electron chi connectivity index (χ0n) is 12.4. The first-order valence-corrected chi connectivity index (χ1v) is 7.35. The van der Waals surface area contributed by atoms with Crippen LogP contribution in [0.15, 0.2) is 41.5 Å². The van der Waals surface area contributed by atoms with Crippen molar-refractivity contribution in [3.05, 3.63) is 57.6 Å². The largest absolute Gasteiger partial charge is 0.507 e. The molecule has 0 bridgehead atoms. The minimum atomic E-state index is -0.578. The fourth-order valence-corrected chi connectivity index (χ4v) is 2.25. The van der Waals surface area contributed by atoms with E-state index in [9.17, 15) is 9.90 Å². The summed E-state index contributed by atoms with van der Waals surface area (Å²) >= 11 is 11.8. The van der Waals surface area contributed by atoms with Crippen LogP contribution in [0, 0.1) is 0 Å². The van der Waals surface area contributed by atoms with Gasteiger partial charge in [-0.15, -0.1) is 0 Å². The molecule has 0 spiro atoms. The third-order valence-electron chi connectivity index (χ3n) is 3.08. The Balaban J connectivity index is 2.24. The second-order valence-electron chi connectivity index (χ2n) is 4.64. The standard InChI is InChI=1S/C16H14Cl2N2O3/c1-9(12-7-11(18)4-6-15(12)23-2)19-20-16(22)13-8-10(17)3-5-14(13)21/h3-8,21H,1-2H3,(H,20,22)/b19-9-. The molecule has 0 aliphatic heterocycles. The Labute approximate surface area is 143 Å². The predicted molar refractivity (Wildman–Crippen MR) is 90.8 cm³/mol. The monoisotopic (exact) mass is 352 g/mol. The molecule has 0 saturated carbocycles. The molecule has 0 fully saturated rings. The molecule has 0 atom stereocenters. The number of ether oxygens (including phenoxy) is 1. The molecule has 0 aliphatic carbocycles. The van der Waals surface area contributed by atoms with Crippen LogP contribution in [0.1, 0.15) is 22.8 Å². The molecule has 2 N–H and O–H groups in total.